The lowest BCUT2D eigenvalue weighted by Gasteiger charge is -2.14. The van der Waals surface area contributed by atoms with Crippen LogP contribution in [0, 0.1) is 5.92 Å². The minimum Gasteiger partial charge on any atom is -0.338 e. The fourth-order valence-corrected chi connectivity index (χ4v) is 1.82. The molecule has 1 rings (SSSR count). The van der Waals surface area contributed by atoms with Crippen LogP contribution in [0.5, 0.6) is 0 Å². The molecule has 1 aliphatic rings. The normalized spacial score (nSPS) is 19.5. The number of amides is 3. The highest BCUT2D eigenvalue weighted by atomic mass is 35.5. The summed E-state index contributed by atoms with van der Waals surface area (Å²) in [4.78, 5) is 24.5. The van der Waals surface area contributed by atoms with Crippen molar-refractivity contribution in [1.82, 2.24) is 15.5 Å². The average molecular weight is 265 g/mol. The maximum absolute atomic E-state index is 11.4. The molecule has 1 aliphatic heterocycles. The lowest BCUT2D eigenvalue weighted by molar-refractivity contribution is -0.120. The van der Waals surface area contributed by atoms with Gasteiger partial charge in [0, 0.05) is 13.1 Å². The summed E-state index contributed by atoms with van der Waals surface area (Å²) in [7, 11) is 0. The molecule has 0 spiro atoms. The van der Waals surface area contributed by atoms with E-state index in [2.05, 4.69) is 10.6 Å². The van der Waals surface area contributed by atoms with E-state index in [4.69, 9.17) is 5.73 Å². The minimum atomic E-state index is -0.429. The van der Waals surface area contributed by atoms with Crippen LogP contribution in [0.15, 0.2) is 0 Å². The Hall–Kier alpha value is -0.850. The number of nitrogens with one attached hydrogen (secondary N) is 2. The number of urea groups is 1. The molecule has 3 amide bonds. The Bertz CT molecular complexity index is 263. The second-order valence-corrected chi connectivity index (χ2v) is 4.03. The Morgan fingerprint density at radius 3 is 2.71 bits per heavy atom. The van der Waals surface area contributed by atoms with Gasteiger partial charge in [-0.1, -0.05) is 0 Å². The van der Waals surface area contributed by atoms with Gasteiger partial charge in [0.2, 0.25) is 5.91 Å². The fourth-order valence-electron chi connectivity index (χ4n) is 1.82. The predicted molar refractivity (Wildman–Crippen MR) is 68.1 cm³/mol. The number of hydrogen-bond donors (Lipinski definition) is 3. The average Bonchev–Trinajstić information content (AvgIpc) is 2.65. The summed E-state index contributed by atoms with van der Waals surface area (Å²) in [5, 5.41) is 4.79. The Morgan fingerprint density at radius 2 is 2.18 bits per heavy atom. The summed E-state index contributed by atoms with van der Waals surface area (Å²) in [6.07, 6.45) is 1.03. The van der Waals surface area contributed by atoms with Gasteiger partial charge in [0.25, 0.3) is 0 Å². The van der Waals surface area contributed by atoms with E-state index < -0.39 is 6.03 Å². The molecule has 6 nitrogen and oxygen atoms in total. The van der Waals surface area contributed by atoms with Gasteiger partial charge in [-0.3, -0.25) is 15.0 Å². The molecule has 100 valence electrons. The van der Waals surface area contributed by atoms with Gasteiger partial charge in [-0.25, -0.2) is 4.79 Å². The van der Waals surface area contributed by atoms with Crippen molar-refractivity contribution in [3.63, 3.8) is 0 Å². The standard InChI is InChI=1S/C10H20N4O2.ClH/c1-2-12-10(16)13-9(15)7-14-4-3-8(5-11)6-14;/h8H,2-7,11H2,1H3,(H2,12,13,15,16);1H. The molecule has 0 aromatic heterocycles. The van der Waals surface area contributed by atoms with Crippen molar-refractivity contribution >= 4 is 24.3 Å². The number of hydrogen-bond acceptors (Lipinski definition) is 4. The van der Waals surface area contributed by atoms with Crippen LogP contribution in [-0.4, -0.2) is 49.6 Å². The molecule has 0 aromatic rings. The van der Waals surface area contributed by atoms with Crippen molar-refractivity contribution in [2.75, 3.05) is 32.7 Å². The van der Waals surface area contributed by atoms with E-state index >= 15 is 0 Å². The molecule has 0 bridgehead atoms. The zero-order valence-electron chi connectivity index (χ0n) is 10.1. The van der Waals surface area contributed by atoms with E-state index in [1.165, 1.54) is 0 Å². The lowest BCUT2D eigenvalue weighted by Crippen LogP contribution is -2.44. The van der Waals surface area contributed by atoms with Crippen LogP contribution in [0.3, 0.4) is 0 Å². The number of rotatable bonds is 4. The summed E-state index contributed by atoms with van der Waals surface area (Å²) < 4.78 is 0. The molecular weight excluding hydrogens is 244 g/mol. The van der Waals surface area contributed by atoms with Crippen LogP contribution in [0.2, 0.25) is 0 Å². The SMILES string of the molecule is CCNC(=O)NC(=O)CN1CCC(CN)C1.Cl. The zero-order valence-corrected chi connectivity index (χ0v) is 10.9. The largest absolute Gasteiger partial charge is 0.338 e. The van der Waals surface area contributed by atoms with Gasteiger partial charge in [-0.2, -0.15) is 0 Å². The monoisotopic (exact) mass is 264 g/mol. The number of imide groups is 1. The number of carbonyl (C=O) groups excluding carboxylic acids is 2. The number of likely N-dealkylation sites (tertiary alicyclic amines) is 1. The highest BCUT2D eigenvalue weighted by Gasteiger charge is 2.23. The highest BCUT2D eigenvalue weighted by Crippen LogP contribution is 2.13. The molecule has 4 N–H and O–H groups in total. The van der Waals surface area contributed by atoms with Gasteiger partial charge in [-0.15, -0.1) is 12.4 Å². The topological polar surface area (TPSA) is 87.5 Å². The van der Waals surface area contributed by atoms with Crippen LogP contribution in [0.25, 0.3) is 0 Å². The van der Waals surface area contributed by atoms with E-state index in [9.17, 15) is 9.59 Å². The molecule has 1 heterocycles. The second kappa shape index (κ2) is 8.27. The van der Waals surface area contributed by atoms with Crippen molar-refractivity contribution in [2.45, 2.75) is 13.3 Å². The van der Waals surface area contributed by atoms with Crippen LogP contribution in [0.4, 0.5) is 4.79 Å². The van der Waals surface area contributed by atoms with Crippen molar-refractivity contribution in [1.29, 1.82) is 0 Å². The van der Waals surface area contributed by atoms with Gasteiger partial charge in [0.1, 0.15) is 0 Å². The van der Waals surface area contributed by atoms with Crippen LogP contribution < -0.4 is 16.4 Å². The Kier molecular flexibility index (Phi) is 7.86. The molecule has 1 fully saturated rings. The quantitative estimate of drug-likeness (QED) is 0.641. The van der Waals surface area contributed by atoms with Crippen molar-refractivity contribution in [3.8, 4) is 0 Å². The molecular formula is C10H21ClN4O2. The van der Waals surface area contributed by atoms with E-state index in [-0.39, 0.29) is 24.9 Å². The van der Waals surface area contributed by atoms with Gasteiger partial charge in [0.05, 0.1) is 6.54 Å². The van der Waals surface area contributed by atoms with E-state index in [1.54, 1.807) is 6.92 Å². The third-order valence-corrected chi connectivity index (χ3v) is 2.66. The summed E-state index contributed by atoms with van der Waals surface area (Å²) >= 11 is 0. The van der Waals surface area contributed by atoms with Gasteiger partial charge in [0.15, 0.2) is 0 Å². The van der Waals surface area contributed by atoms with Crippen LogP contribution >= 0.6 is 12.4 Å². The molecule has 1 unspecified atom stereocenters. The maximum atomic E-state index is 11.4. The maximum Gasteiger partial charge on any atom is 0.321 e. The van der Waals surface area contributed by atoms with Crippen molar-refractivity contribution in [3.05, 3.63) is 0 Å². The number of nitrogens with zero attached hydrogens (tertiary/aromatic N) is 1. The minimum absolute atomic E-state index is 0. The van der Waals surface area contributed by atoms with E-state index in [0.29, 0.717) is 19.0 Å². The van der Waals surface area contributed by atoms with Gasteiger partial charge < -0.3 is 11.1 Å². The Morgan fingerprint density at radius 1 is 1.47 bits per heavy atom. The van der Waals surface area contributed by atoms with Gasteiger partial charge in [-0.05, 0) is 32.4 Å². The van der Waals surface area contributed by atoms with E-state index in [0.717, 1.165) is 19.5 Å². The Labute approximate surface area is 108 Å². The third kappa shape index (κ3) is 5.86. The number of nitrogens with two attached hydrogens (primary N) is 1. The van der Waals surface area contributed by atoms with Gasteiger partial charge >= 0.3 is 6.03 Å². The van der Waals surface area contributed by atoms with Crippen molar-refractivity contribution < 1.29 is 9.59 Å². The molecule has 0 radical (unpaired) electrons. The van der Waals surface area contributed by atoms with E-state index in [1.807, 2.05) is 4.90 Å². The summed E-state index contributed by atoms with van der Waals surface area (Å²) in [5.74, 6) is 0.223. The highest BCUT2D eigenvalue weighted by molar-refractivity contribution is 5.95. The first-order chi connectivity index (χ1) is 7.65. The fraction of sp³-hybridized carbons (Fsp3) is 0.800. The molecule has 17 heavy (non-hydrogen) atoms. The second-order valence-electron chi connectivity index (χ2n) is 4.03. The molecule has 1 saturated heterocycles. The molecule has 0 saturated carbocycles. The number of halogens is 1. The Balaban J connectivity index is 0.00000256. The lowest BCUT2D eigenvalue weighted by atomic mass is 10.1. The first kappa shape index (κ1) is 16.1. The molecule has 0 aromatic carbocycles. The first-order valence-electron chi connectivity index (χ1n) is 5.65. The summed E-state index contributed by atoms with van der Waals surface area (Å²) in [5.41, 5.74) is 5.56. The smallest absolute Gasteiger partial charge is 0.321 e. The van der Waals surface area contributed by atoms with Crippen molar-refractivity contribution in [2.24, 2.45) is 11.7 Å². The first-order valence-corrected chi connectivity index (χ1v) is 5.65. The van der Waals surface area contributed by atoms with Crippen LogP contribution in [-0.2, 0) is 4.79 Å². The summed E-state index contributed by atoms with van der Waals surface area (Å²) in [6, 6.07) is -0.429. The predicted octanol–water partition coefficient (Wildman–Crippen LogP) is -0.465. The molecule has 0 aliphatic carbocycles. The summed E-state index contributed by atoms with van der Waals surface area (Å²) in [6.45, 7) is 4.97. The molecule has 7 heteroatoms. The third-order valence-electron chi connectivity index (χ3n) is 2.66. The number of carbonyl (C=O) groups is 2. The molecule has 1 atom stereocenters. The zero-order chi connectivity index (χ0) is 12.0. The van der Waals surface area contributed by atoms with Crippen LogP contribution in [0.1, 0.15) is 13.3 Å².